The summed E-state index contributed by atoms with van der Waals surface area (Å²) in [6.45, 7) is 8.05. The van der Waals surface area contributed by atoms with Crippen molar-refractivity contribution in [3.8, 4) is 0 Å². The first kappa shape index (κ1) is 18.2. The van der Waals surface area contributed by atoms with Gasteiger partial charge in [0.05, 0.1) is 11.6 Å². The summed E-state index contributed by atoms with van der Waals surface area (Å²) in [4.78, 5) is 26.1. The van der Waals surface area contributed by atoms with Crippen LogP contribution < -0.4 is 5.32 Å². The second-order valence-electron chi connectivity index (χ2n) is 7.24. The fourth-order valence-corrected chi connectivity index (χ4v) is 2.64. The summed E-state index contributed by atoms with van der Waals surface area (Å²) < 4.78 is 19.2. The summed E-state index contributed by atoms with van der Waals surface area (Å²) in [7, 11) is 0. The predicted octanol–water partition coefficient (Wildman–Crippen LogP) is 3.72. The molecule has 1 aromatic rings. The molecule has 0 radical (unpaired) electrons. The molecule has 2 rings (SSSR count). The number of anilines is 1. The molecule has 1 N–H and O–H groups in total. The van der Waals surface area contributed by atoms with E-state index in [0.717, 1.165) is 5.56 Å². The van der Waals surface area contributed by atoms with Gasteiger partial charge in [-0.25, -0.2) is 9.18 Å². The summed E-state index contributed by atoms with van der Waals surface area (Å²) in [5, 5.41) is 2.62. The van der Waals surface area contributed by atoms with Crippen LogP contribution >= 0.6 is 0 Å². The van der Waals surface area contributed by atoms with E-state index in [1.54, 1.807) is 44.7 Å². The molecule has 1 atom stereocenters. The molecule has 1 saturated heterocycles. The molecule has 24 heavy (non-hydrogen) atoms. The van der Waals surface area contributed by atoms with Crippen molar-refractivity contribution in [2.45, 2.75) is 46.1 Å². The summed E-state index contributed by atoms with van der Waals surface area (Å²) in [6, 6.07) is 4.67. The molecule has 1 heterocycles. The van der Waals surface area contributed by atoms with Crippen molar-refractivity contribution in [2.24, 2.45) is 5.92 Å². The standard InChI is InChI=1S/C18H25FN2O3/c1-12-7-8-15(14(19)10-12)20-16(22)13-6-5-9-21(11-13)17(23)24-18(2,3)4/h7-8,10,13H,5-6,9,11H2,1-4H3,(H,20,22)/t13-/m0/s1. The molecule has 2 amide bonds. The Kier molecular flexibility index (Phi) is 5.47. The first-order chi connectivity index (χ1) is 11.2. The van der Waals surface area contributed by atoms with Gasteiger partial charge in [-0.2, -0.15) is 0 Å². The fraction of sp³-hybridized carbons (Fsp3) is 0.556. The number of nitrogens with one attached hydrogen (secondary N) is 1. The van der Waals surface area contributed by atoms with Gasteiger partial charge in [0.25, 0.3) is 0 Å². The first-order valence-electron chi connectivity index (χ1n) is 8.20. The zero-order valence-electron chi connectivity index (χ0n) is 14.7. The van der Waals surface area contributed by atoms with Crippen LogP contribution in [0.15, 0.2) is 18.2 Å². The summed E-state index contributed by atoms with van der Waals surface area (Å²) in [5.74, 6) is -1.10. The van der Waals surface area contributed by atoms with E-state index in [0.29, 0.717) is 19.4 Å². The molecule has 1 aliphatic rings. The van der Waals surface area contributed by atoms with Crippen LogP contribution in [0.25, 0.3) is 0 Å². The van der Waals surface area contributed by atoms with Crippen LogP contribution in [0.2, 0.25) is 0 Å². The van der Waals surface area contributed by atoms with Gasteiger partial charge >= 0.3 is 6.09 Å². The van der Waals surface area contributed by atoms with E-state index in [4.69, 9.17) is 4.74 Å². The number of piperidine rings is 1. The van der Waals surface area contributed by atoms with Gasteiger partial charge in [0, 0.05) is 13.1 Å². The predicted molar refractivity (Wildman–Crippen MR) is 90.3 cm³/mol. The van der Waals surface area contributed by atoms with Crippen molar-refractivity contribution in [3.05, 3.63) is 29.6 Å². The van der Waals surface area contributed by atoms with E-state index in [2.05, 4.69) is 5.32 Å². The second kappa shape index (κ2) is 7.20. The average molecular weight is 336 g/mol. The van der Waals surface area contributed by atoms with Gasteiger partial charge in [0.15, 0.2) is 0 Å². The number of amides is 2. The largest absolute Gasteiger partial charge is 0.444 e. The van der Waals surface area contributed by atoms with E-state index in [-0.39, 0.29) is 24.1 Å². The zero-order valence-corrected chi connectivity index (χ0v) is 14.7. The SMILES string of the molecule is Cc1ccc(NC(=O)[C@H]2CCCN(C(=O)OC(C)(C)C)C2)c(F)c1. The molecule has 1 aromatic carbocycles. The Morgan fingerprint density at radius 2 is 2.04 bits per heavy atom. The van der Waals surface area contributed by atoms with Crippen LogP contribution in [-0.2, 0) is 9.53 Å². The van der Waals surface area contributed by atoms with E-state index in [9.17, 15) is 14.0 Å². The Morgan fingerprint density at radius 1 is 1.33 bits per heavy atom. The first-order valence-corrected chi connectivity index (χ1v) is 8.20. The number of carbonyl (C=O) groups is 2. The molecular formula is C18H25FN2O3. The Hall–Kier alpha value is -2.11. The van der Waals surface area contributed by atoms with Crippen molar-refractivity contribution in [2.75, 3.05) is 18.4 Å². The third kappa shape index (κ3) is 4.94. The molecule has 6 heteroatoms. The van der Waals surface area contributed by atoms with Crippen molar-refractivity contribution >= 4 is 17.7 Å². The van der Waals surface area contributed by atoms with E-state index >= 15 is 0 Å². The Bertz CT molecular complexity index is 625. The smallest absolute Gasteiger partial charge is 0.410 e. The molecule has 0 spiro atoms. The number of likely N-dealkylation sites (tertiary alicyclic amines) is 1. The molecule has 0 aliphatic carbocycles. The van der Waals surface area contributed by atoms with Gasteiger partial charge in [0.1, 0.15) is 11.4 Å². The molecule has 5 nitrogen and oxygen atoms in total. The van der Waals surface area contributed by atoms with Crippen LogP contribution in [0.3, 0.4) is 0 Å². The van der Waals surface area contributed by atoms with Gasteiger partial charge in [0.2, 0.25) is 5.91 Å². The molecule has 0 unspecified atom stereocenters. The normalized spacial score (nSPS) is 18.2. The van der Waals surface area contributed by atoms with Crippen LogP contribution in [0, 0.1) is 18.7 Å². The highest BCUT2D eigenvalue weighted by Gasteiger charge is 2.31. The molecule has 1 aliphatic heterocycles. The summed E-state index contributed by atoms with van der Waals surface area (Å²) in [5.41, 5.74) is 0.386. The quantitative estimate of drug-likeness (QED) is 0.895. The van der Waals surface area contributed by atoms with E-state index < -0.39 is 17.5 Å². The maximum Gasteiger partial charge on any atom is 0.410 e. The molecule has 0 saturated carbocycles. The summed E-state index contributed by atoms with van der Waals surface area (Å²) in [6.07, 6.45) is 0.966. The molecular weight excluding hydrogens is 311 g/mol. The highest BCUT2D eigenvalue weighted by Crippen LogP contribution is 2.22. The Balaban J connectivity index is 1.98. The highest BCUT2D eigenvalue weighted by atomic mass is 19.1. The molecule has 132 valence electrons. The maximum absolute atomic E-state index is 13.9. The van der Waals surface area contributed by atoms with Crippen molar-refractivity contribution in [1.29, 1.82) is 0 Å². The minimum absolute atomic E-state index is 0.167. The van der Waals surface area contributed by atoms with Crippen molar-refractivity contribution in [3.63, 3.8) is 0 Å². The number of benzene rings is 1. The van der Waals surface area contributed by atoms with Crippen molar-refractivity contribution in [1.82, 2.24) is 4.90 Å². The minimum Gasteiger partial charge on any atom is -0.444 e. The number of carbonyl (C=O) groups excluding carboxylic acids is 2. The van der Waals surface area contributed by atoms with Crippen LogP contribution in [-0.4, -0.2) is 35.6 Å². The van der Waals surface area contributed by atoms with Gasteiger partial charge in [-0.15, -0.1) is 0 Å². The zero-order chi connectivity index (χ0) is 17.9. The maximum atomic E-state index is 13.9. The molecule has 0 bridgehead atoms. The van der Waals surface area contributed by atoms with Crippen molar-refractivity contribution < 1.29 is 18.7 Å². The van der Waals surface area contributed by atoms with Gasteiger partial charge in [-0.3, -0.25) is 4.79 Å². The lowest BCUT2D eigenvalue weighted by Crippen LogP contribution is -2.45. The van der Waals surface area contributed by atoms with Gasteiger partial charge < -0.3 is 15.0 Å². The number of ether oxygens (including phenoxy) is 1. The highest BCUT2D eigenvalue weighted by molar-refractivity contribution is 5.93. The molecule has 1 fully saturated rings. The fourth-order valence-electron chi connectivity index (χ4n) is 2.64. The third-order valence-corrected chi connectivity index (χ3v) is 3.83. The molecule has 0 aromatic heterocycles. The number of halogens is 1. The Morgan fingerprint density at radius 3 is 2.67 bits per heavy atom. The average Bonchev–Trinajstić information content (AvgIpc) is 2.48. The van der Waals surface area contributed by atoms with Crippen LogP contribution in [0.5, 0.6) is 0 Å². The lowest BCUT2D eigenvalue weighted by Gasteiger charge is -2.33. The topological polar surface area (TPSA) is 58.6 Å². The lowest BCUT2D eigenvalue weighted by molar-refractivity contribution is -0.121. The monoisotopic (exact) mass is 336 g/mol. The number of rotatable bonds is 2. The van der Waals surface area contributed by atoms with Crippen LogP contribution in [0.1, 0.15) is 39.2 Å². The minimum atomic E-state index is -0.572. The second-order valence-corrected chi connectivity index (χ2v) is 7.24. The van der Waals surface area contributed by atoms with Crippen LogP contribution in [0.4, 0.5) is 14.9 Å². The van der Waals surface area contributed by atoms with E-state index in [1.165, 1.54) is 6.07 Å². The van der Waals surface area contributed by atoms with Gasteiger partial charge in [-0.1, -0.05) is 6.07 Å². The lowest BCUT2D eigenvalue weighted by atomic mass is 9.97. The third-order valence-electron chi connectivity index (χ3n) is 3.83. The number of aryl methyl sites for hydroxylation is 1. The van der Waals surface area contributed by atoms with E-state index in [1.807, 2.05) is 0 Å². The number of hydrogen-bond donors (Lipinski definition) is 1. The Labute approximate surface area is 142 Å². The summed E-state index contributed by atoms with van der Waals surface area (Å²) >= 11 is 0. The number of hydrogen-bond acceptors (Lipinski definition) is 3. The number of nitrogens with zero attached hydrogens (tertiary/aromatic N) is 1. The van der Waals surface area contributed by atoms with Gasteiger partial charge in [-0.05, 0) is 58.2 Å².